The maximum absolute atomic E-state index is 12.0. The van der Waals surface area contributed by atoms with Gasteiger partial charge in [-0.2, -0.15) is 0 Å². The van der Waals surface area contributed by atoms with Gasteiger partial charge in [0.15, 0.2) is 0 Å². The molecule has 0 spiro atoms. The van der Waals surface area contributed by atoms with E-state index in [0.29, 0.717) is 18.6 Å². The summed E-state index contributed by atoms with van der Waals surface area (Å²) in [5, 5.41) is 2.83. The van der Waals surface area contributed by atoms with Gasteiger partial charge >= 0.3 is 0 Å². The van der Waals surface area contributed by atoms with Crippen LogP contribution in [-0.4, -0.2) is 46.5 Å². The molecular weight excluding hydrogens is 276 g/mol. The number of ether oxygens (including phenoxy) is 1. The summed E-state index contributed by atoms with van der Waals surface area (Å²) in [4.78, 5) is 21.9. The first-order valence-electron chi connectivity index (χ1n) is 6.39. The van der Waals surface area contributed by atoms with Gasteiger partial charge in [0.2, 0.25) is 0 Å². The number of nitrogens with one attached hydrogen (secondary N) is 1. The molecule has 1 aromatic rings. The first-order valence-corrected chi connectivity index (χ1v) is 6.90. The number of amides is 1. The molecule has 1 aliphatic heterocycles. The van der Waals surface area contributed by atoms with Crippen molar-refractivity contribution in [1.29, 1.82) is 0 Å². The molecule has 7 heteroatoms. The number of rotatable bonds is 6. The third-order valence-electron chi connectivity index (χ3n) is 2.96. The van der Waals surface area contributed by atoms with Crippen molar-refractivity contribution in [1.82, 2.24) is 20.2 Å². The molecule has 20 heavy (non-hydrogen) atoms. The maximum Gasteiger partial charge on any atom is 0.251 e. The van der Waals surface area contributed by atoms with E-state index >= 15 is 0 Å². The highest BCUT2D eigenvalue weighted by Gasteiger charge is 2.23. The molecule has 0 saturated carbocycles. The van der Waals surface area contributed by atoms with Crippen LogP contribution in [0.25, 0.3) is 0 Å². The number of hydrogen-bond donors (Lipinski definition) is 2. The van der Waals surface area contributed by atoms with Crippen molar-refractivity contribution in [3.63, 3.8) is 0 Å². The van der Waals surface area contributed by atoms with E-state index in [1.807, 2.05) is 11.1 Å². The third-order valence-corrected chi connectivity index (χ3v) is 3.39. The number of hydrogen-bond acceptors (Lipinski definition) is 6. The van der Waals surface area contributed by atoms with Gasteiger partial charge < -0.3 is 15.0 Å². The molecule has 108 valence electrons. The molecule has 1 N–H and O–H groups in total. The second-order valence-electron chi connectivity index (χ2n) is 4.51. The van der Waals surface area contributed by atoms with Crippen LogP contribution in [0, 0.1) is 0 Å². The summed E-state index contributed by atoms with van der Waals surface area (Å²) >= 11 is 4.37. The number of carbonyl (C=O) groups excluding carboxylic acids is 1. The molecule has 0 saturated heterocycles. The second kappa shape index (κ2) is 7.25. The summed E-state index contributed by atoms with van der Waals surface area (Å²) in [6.07, 6.45) is 8.14. The molecule has 1 aliphatic rings. The molecule has 6 nitrogen and oxygen atoms in total. The molecule has 1 atom stereocenters. The van der Waals surface area contributed by atoms with E-state index in [-0.39, 0.29) is 11.4 Å². The predicted octanol–water partition coefficient (Wildman–Crippen LogP) is 0.585. The van der Waals surface area contributed by atoms with Gasteiger partial charge in [-0.25, -0.2) is 9.97 Å². The Morgan fingerprint density at radius 1 is 1.45 bits per heavy atom. The largest absolute Gasteiger partial charge is 0.385 e. The van der Waals surface area contributed by atoms with Crippen LogP contribution in [-0.2, 0) is 16.0 Å². The number of nitrogens with zero attached hydrogens (tertiary/aromatic N) is 3. The lowest BCUT2D eigenvalue weighted by molar-refractivity contribution is -0.119. The summed E-state index contributed by atoms with van der Waals surface area (Å²) in [7, 11) is 1.67. The highest BCUT2D eigenvalue weighted by atomic mass is 32.1. The highest BCUT2D eigenvalue weighted by Crippen LogP contribution is 2.16. The van der Waals surface area contributed by atoms with Crippen molar-refractivity contribution in [2.24, 2.45) is 0 Å². The molecule has 1 aromatic heterocycles. The molecule has 0 aliphatic carbocycles. The van der Waals surface area contributed by atoms with Crippen LogP contribution >= 0.6 is 12.6 Å². The van der Waals surface area contributed by atoms with Gasteiger partial charge in [0.05, 0.1) is 0 Å². The average molecular weight is 294 g/mol. The minimum absolute atomic E-state index is 0.100. The Morgan fingerprint density at radius 3 is 2.90 bits per heavy atom. The molecule has 2 heterocycles. The summed E-state index contributed by atoms with van der Waals surface area (Å²) in [5.74, 6) is -0.100. The lowest BCUT2D eigenvalue weighted by Crippen LogP contribution is -2.47. The van der Waals surface area contributed by atoms with E-state index in [4.69, 9.17) is 4.74 Å². The second-order valence-corrected chi connectivity index (χ2v) is 5.00. The highest BCUT2D eigenvalue weighted by molar-refractivity contribution is 7.80. The van der Waals surface area contributed by atoms with E-state index < -0.39 is 0 Å². The number of aromatic nitrogens is 2. The van der Waals surface area contributed by atoms with Crippen LogP contribution in [0.4, 0.5) is 0 Å². The van der Waals surface area contributed by atoms with E-state index in [9.17, 15) is 4.79 Å². The lowest BCUT2D eigenvalue weighted by atomic mass is 10.1. The van der Waals surface area contributed by atoms with Crippen molar-refractivity contribution in [3.05, 3.63) is 36.1 Å². The lowest BCUT2D eigenvalue weighted by Gasteiger charge is -2.32. The first-order chi connectivity index (χ1) is 9.70. The van der Waals surface area contributed by atoms with Gasteiger partial charge in [0, 0.05) is 50.8 Å². The Kier molecular flexibility index (Phi) is 5.37. The van der Waals surface area contributed by atoms with Gasteiger partial charge in [0.25, 0.3) is 5.91 Å². The van der Waals surface area contributed by atoms with Crippen LogP contribution in [0.15, 0.2) is 30.5 Å². The molecule has 2 rings (SSSR count). The standard InChI is InChI=1S/C13H18N4O2S/c1-19-4-2-3-17-8-11(12(18)16-13(17)20)5-10-6-14-9-15-7-10/h6-9,13,20H,2-5H2,1H3,(H,16,18). The first kappa shape index (κ1) is 14.8. The Morgan fingerprint density at radius 2 is 2.20 bits per heavy atom. The van der Waals surface area contributed by atoms with E-state index in [0.717, 1.165) is 18.5 Å². The Balaban J connectivity index is 2.05. The van der Waals surface area contributed by atoms with Crippen molar-refractivity contribution in [2.75, 3.05) is 20.3 Å². The summed E-state index contributed by atoms with van der Waals surface area (Å²) in [6, 6.07) is 0. The molecule has 0 bridgehead atoms. The minimum Gasteiger partial charge on any atom is -0.385 e. The molecular formula is C13H18N4O2S. The van der Waals surface area contributed by atoms with Gasteiger partial charge in [-0.05, 0) is 12.0 Å². The fraction of sp³-hybridized carbons (Fsp3) is 0.462. The SMILES string of the molecule is COCCCN1C=C(Cc2cncnc2)C(=O)NC1S. The van der Waals surface area contributed by atoms with Gasteiger partial charge in [0.1, 0.15) is 11.8 Å². The van der Waals surface area contributed by atoms with Crippen molar-refractivity contribution in [3.8, 4) is 0 Å². The zero-order valence-electron chi connectivity index (χ0n) is 11.3. The Labute approximate surface area is 123 Å². The molecule has 0 radical (unpaired) electrons. The smallest absolute Gasteiger partial charge is 0.251 e. The normalized spacial score (nSPS) is 18.7. The molecule has 0 fully saturated rings. The summed E-state index contributed by atoms with van der Waals surface area (Å²) in [5.41, 5.74) is 1.29. The fourth-order valence-corrected chi connectivity index (χ4v) is 2.27. The van der Waals surface area contributed by atoms with E-state index in [1.165, 1.54) is 6.33 Å². The minimum atomic E-state index is -0.296. The summed E-state index contributed by atoms with van der Waals surface area (Å²) < 4.78 is 5.04. The zero-order chi connectivity index (χ0) is 14.4. The van der Waals surface area contributed by atoms with Crippen LogP contribution in [0.1, 0.15) is 12.0 Å². The van der Waals surface area contributed by atoms with E-state index in [2.05, 4.69) is 27.9 Å². The summed E-state index contributed by atoms with van der Waals surface area (Å²) in [6.45, 7) is 1.46. The monoisotopic (exact) mass is 294 g/mol. The van der Waals surface area contributed by atoms with Crippen molar-refractivity contribution < 1.29 is 9.53 Å². The van der Waals surface area contributed by atoms with Crippen LogP contribution in [0.3, 0.4) is 0 Å². The topological polar surface area (TPSA) is 67.3 Å². The Bertz CT molecular complexity index is 481. The number of methoxy groups -OCH3 is 1. The number of thiol groups is 1. The molecule has 1 unspecified atom stereocenters. The van der Waals surface area contributed by atoms with Crippen LogP contribution in [0.2, 0.25) is 0 Å². The van der Waals surface area contributed by atoms with Gasteiger partial charge in [-0.1, -0.05) is 0 Å². The third kappa shape index (κ3) is 3.94. The molecule has 1 amide bonds. The van der Waals surface area contributed by atoms with Crippen molar-refractivity contribution >= 4 is 18.5 Å². The van der Waals surface area contributed by atoms with Gasteiger partial charge in [-0.15, -0.1) is 12.6 Å². The Hall–Kier alpha value is -1.60. The van der Waals surface area contributed by atoms with Gasteiger partial charge in [-0.3, -0.25) is 4.79 Å². The molecule has 0 aromatic carbocycles. The predicted molar refractivity (Wildman–Crippen MR) is 77.9 cm³/mol. The quantitative estimate of drug-likeness (QED) is 0.593. The zero-order valence-corrected chi connectivity index (χ0v) is 12.2. The van der Waals surface area contributed by atoms with E-state index in [1.54, 1.807) is 19.5 Å². The maximum atomic E-state index is 12.0. The van der Waals surface area contributed by atoms with Crippen LogP contribution < -0.4 is 5.32 Å². The average Bonchev–Trinajstić information content (AvgIpc) is 2.45. The number of carbonyl (C=O) groups is 1. The fourth-order valence-electron chi connectivity index (χ4n) is 1.97. The van der Waals surface area contributed by atoms with Crippen molar-refractivity contribution in [2.45, 2.75) is 18.3 Å². The van der Waals surface area contributed by atoms with Crippen LogP contribution in [0.5, 0.6) is 0 Å².